The van der Waals surface area contributed by atoms with E-state index in [1.54, 1.807) is 17.1 Å². The molecule has 0 spiro atoms. The van der Waals surface area contributed by atoms with Crippen LogP contribution in [0.1, 0.15) is 39.6 Å². The van der Waals surface area contributed by atoms with E-state index >= 15 is 0 Å². The second kappa shape index (κ2) is 12.4. The smallest absolute Gasteiger partial charge is 0.274 e. The van der Waals surface area contributed by atoms with Gasteiger partial charge in [0.05, 0.1) is 38.6 Å². The molecule has 5 aromatic rings. The molecular formula is C35H29Br2N3O4. The quantitative estimate of drug-likeness (QED) is 0.169. The van der Waals surface area contributed by atoms with Gasteiger partial charge in [0.1, 0.15) is 0 Å². The van der Waals surface area contributed by atoms with Gasteiger partial charge in [0.15, 0.2) is 11.5 Å². The molecule has 1 amide bonds. The van der Waals surface area contributed by atoms with E-state index in [4.69, 9.17) is 24.3 Å². The van der Waals surface area contributed by atoms with Crippen LogP contribution in [0.25, 0.3) is 22.0 Å². The van der Waals surface area contributed by atoms with Crippen LogP contribution in [0.2, 0.25) is 0 Å². The molecule has 1 aromatic heterocycles. The fourth-order valence-electron chi connectivity index (χ4n) is 5.75. The molecule has 9 heteroatoms. The summed E-state index contributed by atoms with van der Waals surface area (Å²) in [5.41, 5.74) is 6.85. The Labute approximate surface area is 272 Å². The lowest BCUT2D eigenvalue weighted by molar-refractivity contribution is 0.0710. The highest BCUT2D eigenvalue weighted by atomic mass is 79.9. The van der Waals surface area contributed by atoms with Crippen LogP contribution < -0.4 is 14.2 Å². The number of nitrogens with zero attached hydrogens (tertiary/aromatic N) is 3. The molecule has 0 bridgehead atoms. The molecule has 6 rings (SSSR count). The summed E-state index contributed by atoms with van der Waals surface area (Å²) in [5.74, 6) is 0.913. The molecule has 1 aliphatic rings. The van der Waals surface area contributed by atoms with Crippen molar-refractivity contribution in [3.05, 3.63) is 116 Å². The predicted molar refractivity (Wildman–Crippen MR) is 180 cm³/mol. The minimum absolute atomic E-state index is 0.289. The van der Waals surface area contributed by atoms with Crippen molar-refractivity contribution in [1.82, 2.24) is 9.99 Å². The lowest BCUT2D eigenvalue weighted by Crippen LogP contribution is -2.27. The van der Waals surface area contributed by atoms with E-state index in [9.17, 15) is 4.79 Å². The lowest BCUT2D eigenvalue weighted by atomic mass is 9.89. The van der Waals surface area contributed by atoms with Gasteiger partial charge in [0.25, 0.3) is 5.91 Å². The van der Waals surface area contributed by atoms with Gasteiger partial charge >= 0.3 is 0 Å². The molecule has 0 radical (unpaired) electrons. The van der Waals surface area contributed by atoms with Crippen molar-refractivity contribution >= 4 is 54.4 Å². The second-order valence-corrected chi connectivity index (χ2v) is 12.2. The highest BCUT2D eigenvalue weighted by Gasteiger charge is 2.36. The number of amides is 1. The van der Waals surface area contributed by atoms with Gasteiger partial charge in [0, 0.05) is 43.1 Å². The first-order chi connectivity index (χ1) is 21.3. The Kier molecular flexibility index (Phi) is 8.42. The Morgan fingerprint density at radius 1 is 0.818 bits per heavy atom. The number of hydrogen-bond acceptors (Lipinski definition) is 6. The molecule has 44 heavy (non-hydrogen) atoms. The molecule has 4 aromatic carbocycles. The van der Waals surface area contributed by atoms with Gasteiger partial charge in [-0.1, -0.05) is 74.3 Å². The maximum atomic E-state index is 14.3. The molecule has 2 heterocycles. The third-order valence-electron chi connectivity index (χ3n) is 7.76. The fourth-order valence-corrected chi connectivity index (χ4v) is 6.37. The third kappa shape index (κ3) is 5.46. The van der Waals surface area contributed by atoms with E-state index in [-0.39, 0.29) is 11.9 Å². The zero-order chi connectivity index (χ0) is 31.0. The van der Waals surface area contributed by atoms with Crippen molar-refractivity contribution < 1.29 is 19.0 Å². The summed E-state index contributed by atoms with van der Waals surface area (Å²) >= 11 is 7.20. The van der Waals surface area contributed by atoms with Crippen molar-refractivity contribution in [1.29, 1.82) is 0 Å². The van der Waals surface area contributed by atoms with E-state index in [1.165, 1.54) is 21.3 Å². The van der Waals surface area contributed by atoms with E-state index in [0.29, 0.717) is 29.2 Å². The first-order valence-electron chi connectivity index (χ1n) is 13.9. The summed E-state index contributed by atoms with van der Waals surface area (Å²) < 4.78 is 18.5. The van der Waals surface area contributed by atoms with Crippen molar-refractivity contribution in [2.24, 2.45) is 5.10 Å². The molecule has 1 aliphatic heterocycles. The third-order valence-corrected chi connectivity index (χ3v) is 8.79. The summed E-state index contributed by atoms with van der Waals surface area (Å²) in [6, 6.07) is 27.3. The Balaban J connectivity index is 1.56. The summed E-state index contributed by atoms with van der Waals surface area (Å²) in [6.45, 7) is 2.00. The van der Waals surface area contributed by atoms with Crippen molar-refractivity contribution in [3.63, 3.8) is 0 Å². The number of fused-ring (bicyclic) bond motifs is 1. The van der Waals surface area contributed by atoms with Crippen molar-refractivity contribution in [2.75, 3.05) is 21.3 Å². The van der Waals surface area contributed by atoms with Crippen molar-refractivity contribution in [2.45, 2.75) is 19.4 Å². The number of pyridine rings is 1. The van der Waals surface area contributed by atoms with Crippen molar-refractivity contribution in [3.8, 4) is 28.4 Å². The van der Waals surface area contributed by atoms with Gasteiger partial charge in [0.2, 0.25) is 5.75 Å². The summed E-state index contributed by atoms with van der Waals surface area (Å²) in [5, 5.41) is 7.64. The normalized spacial score (nSPS) is 14.5. The molecule has 1 unspecified atom stereocenters. The maximum Gasteiger partial charge on any atom is 0.274 e. The fraction of sp³-hybridized carbons (Fsp3) is 0.171. The highest BCUT2D eigenvalue weighted by Crippen LogP contribution is 2.43. The summed E-state index contributed by atoms with van der Waals surface area (Å²) in [7, 11) is 4.59. The van der Waals surface area contributed by atoms with Gasteiger partial charge in [-0.2, -0.15) is 5.10 Å². The van der Waals surface area contributed by atoms with Gasteiger partial charge in [-0.05, 0) is 60.5 Å². The monoisotopic (exact) mass is 713 g/mol. The Morgan fingerprint density at radius 3 is 2.11 bits per heavy atom. The number of halogens is 2. The van der Waals surface area contributed by atoms with Crippen LogP contribution >= 0.6 is 31.9 Å². The standard InChI is InChI=1S/C35H29Br2N3O4/c1-20-32(33(22-8-6-5-7-9-22)26-18-25(37)14-15-27(26)38-20)28-19-29(21-10-12-24(36)13-11-21)40(39-28)35(41)23-16-30(42-2)34(44-4)31(17-23)43-3/h5-18,29H,19H2,1-4H3. The topological polar surface area (TPSA) is 73.2 Å². The van der Waals surface area contributed by atoms with Crippen LogP contribution in [0.3, 0.4) is 0 Å². The summed E-state index contributed by atoms with van der Waals surface area (Å²) in [6.07, 6.45) is 0.500. The predicted octanol–water partition coefficient (Wildman–Crippen LogP) is 8.75. The van der Waals surface area contributed by atoms with Gasteiger partial charge < -0.3 is 14.2 Å². The Bertz CT molecular complexity index is 1890. The number of ether oxygens (including phenoxy) is 3. The van der Waals surface area contributed by atoms with Crippen LogP contribution in [0.15, 0.2) is 99.0 Å². The number of methoxy groups -OCH3 is 3. The van der Waals surface area contributed by atoms with Crippen LogP contribution in [-0.4, -0.2) is 42.9 Å². The minimum Gasteiger partial charge on any atom is -0.493 e. The zero-order valence-electron chi connectivity index (χ0n) is 24.6. The van der Waals surface area contributed by atoms with E-state index in [0.717, 1.165) is 53.5 Å². The largest absolute Gasteiger partial charge is 0.493 e. The van der Waals surface area contributed by atoms with E-state index in [1.807, 2.05) is 61.5 Å². The number of hydrogen-bond donors (Lipinski definition) is 0. The van der Waals surface area contributed by atoms with E-state index < -0.39 is 0 Å². The van der Waals surface area contributed by atoms with Gasteiger partial charge in [-0.3, -0.25) is 9.78 Å². The molecule has 0 fully saturated rings. The van der Waals surface area contributed by atoms with Crippen LogP contribution in [-0.2, 0) is 0 Å². The van der Waals surface area contributed by atoms with E-state index in [2.05, 4.69) is 50.1 Å². The molecule has 1 atom stereocenters. The zero-order valence-corrected chi connectivity index (χ0v) is 27.8. The van der Waals surface area contributed by atoms with Gasteiger partial charge in [-0.25, -0.2) is 5.01 Å². The first-order valence-corrected chi connectivity index (χ1v) is 15.5. The number of carbonyl (C=O) groups excluding carboxylic acids is 1. The number of carbonyl (C=O) groups is 1. The molecule has 7 nitrogen and oxygen atoms in total. The van der Waals surface area contributed by atoms with Crippen LogP contribution in [0.4, 0.5) is 0 Å². The Hall–Kier alpha value is -4.21. The molecule has 0 saturated carbocycles. The summed E-state index contributed by atoms with van der Waals surface area (Å²) in [4.78, 5) is 19.3. The lowest BCUT2D eigenvalue weighted by Gasteiger charge is -2.23. The maximum absolute atomic E-state index is 14.3. The number of rotatable bonds is 7. The van der Waals surface area contributed by atoms with Crippen LogP contribution in [0, 0.1) is 6.92 Å². The average molecular weight is 715 g/mol. The number of aromatic nitrogens is 1. The Morgan fingerprint density at radius 2 is 1.48 bits per heavy atom. The molecule has 0 N–H and O–H groups in total. The van der Waals surface area contributed by atoms with Gasteiger partial charge in [-0.15, -0.1) is 0 Å². The number of benzene rings is 4. The minimum atomic E-state index is -0.356. The second-order valence-electron chi connectivity index (χ2n) is 10.4. The molecule has 0 aliphatic carbocycles. The van der Waals surface area contributed by atoms with Crippen LogP contribution in [0.5, 0.6) is 17.2 Å². The SMILES string of the molecule is COc1cc(C(=O)N2N=C(c3c(C)nc4ccc(Br)cc4c3-c3ccccc3)CC2c2ccc(Br)cc2)cc(OC)c1OC. The molecular weight excluding hydrogens is 686 g/mol. The number of aryl methyl sites for hydroxylation is 1. The molecule has 222 valence electrons. The first kappa shape index (κ1) is 29.8. The number of hydrazone groups is 1. The highest BCUT2D eigenvalue weighted by molar-refractivity contribution is 9.10. The average Bonchev–Trinajstić information content (AvgIpc) is 3.48. The molecule has 0 saturated heterocycles.